The van der Waals surface area contributed by atoms with Crippen LogP contribution in [0.25, 0.3) is 0 Å². The third-order valence-electron chi connectivity index (χ3n) is 3.76. The highest BCUT2D eigenvalue weighted by molar-refractivity contribution is 4.97. The fourth-order valence-corrected chi connectivity index (χ4v) is 2.61. The molecule has 2 rings (SSSR count). The van der Waals surface area contributed by atoms with Crippen LogP contribution in [0.2, 0.25) is 0 Å². The summed E-state index contributed by atoms with van der Waals surface area (Å²) in [7, 11) is 1.89. The summed E-state index contributed by atoms with van der Waals surface area (Å²) in [6, 6.07) is 0.254. The van der Waals surface area contributed by atoms with Crippen molar-refractivity contribution in [2.45, 2.75) is 45.1 Å². The van der Waals surface area contributed by atoms with Crippen LogP contribution in [0.5, 0.6) is 0 Å². The Morgan fingerprint density at radius 1 is 1.44 bits per heavy atom. The van der Waals surface area contributed by atoms with Crippen LogP contribution >= 0.6 is 0 Å². The molecule has 1 aliphatic carbocycles. The van der Waals surface area contributed by atoms with Gasteiger partial charge in [-0.25, -0.2) is 0 Å². The lowest BCUT2D eigenvalue weighted by atomic mass is 9.78. The van der Waals surface area contributed by atoms with E-state index in [0.717, 1.165) is 18.0 Å². The quantitative estimate of drug-likeness (QED) is 0.843. The van der Waals surface area contributed by atoms with E-state index in [2.05, 4.69) is 17.2 Å². The van der Waals surface area contributed by atoms with Gasteiger partial charge in [-0.2, -0.15) is 0 Å². The summed E-state index contributed by atoms with van der Waals surface area (Å²) in [6.45, 7) is 2.34. The predicted molar refractivity (Wildman–Crippen MR) is 63.8 cm³/mol. The average molecular weight is 222 g/mol. The Labute approximate surface area is 97.2 Å². The molecule has 0 saturated heterocycles. The standard InChI is InChI=1S/C12H22N4/c1-9-3-5-10(6-4-9)12(13)7-11-8-16(2)15-14-11/h8-10,12H,3-7,13H2,1-2H3. The molecule has 1 aromatic heterocycles. The third-order valence-corrected chi connectivity index (χ3v) is 3.76. The number of aromatic nitrogens is 3. The Morgan fingerprint density at radius 2 is 2.12 bits per heavy atom. The summed E-state index contributed by atoms with van der Waals surface area (Å²) in [5, 5.41) is 8.04. The number of rotatable bonds is 3. The van der Waals surface area contributed by atoms with E-state index in [1.54, 1.807) is 4.68 Å². The lowest BCUT2D eigenvalue weighted by Crippen LogP contribution is -2.34. The second-order valence-corrected chi connectivity index (χ2v) is 5.27. The summed E-state index contributed by atoms with van der Waals surface area (Å²) in [5.41, 5.74) is 7.28. The number of aryl methyl sites for hydroxylation is 1. The molecule has 0 bridgehead atoms. The largest absolute Gasteiger partial charge is 0.327 e. The lowest BCUT2D eigenvalue weighted by Gasteiger charge is -2.30. The van der Waals surface area contributed by atoms with Crippen LogP contribution in [0.15, 0.2) is 6.20 Å². The first kappa shape index (κ1) is 11.6. The Kier molecular flexibility index (Phi) is 3.59. The second-order valence-electron chi connectivity index (χ2n) is 5.27. The summed E-state index contributed by atoms with van der Waals surface area (Å²) >= 11 is 0. The molecular weight excluding hydrogens is 200 g/mol. The zero-order valence-electron chi connectivity index (χ0n) is 10.3. The highest BCUT2D eigenvalue weighted by Crippen LogP contribution is 2.30. The van der Waals surface area contributed by atoms with Crippen molar-refractivity contribution in [3.05, 3.63) is 11.9 Å². The monoisotopic (exact) mass is 222 g/mol. The fourth-order valence-electron chi connectivity index (χ4n) is 2.61. The van der Waals surface area contributed by atoms with Gasteiger partial charge in [0.2, 0.25) is 0 Å². The van der Waals surface area contributed by atoms with Gasteiger partial charge in [-0.15, -0.1) is 5.10 Å². The van der Waals surface area contributed by atoms with Gasteiger partial charge in [0.25, 0.3) is 0 Å². The molecule has 4 nitrogen and oxygen atoms in total. The smallest absolute Gasteiger partial charge is 0.0842 e. The van der Waals surface area contributed by atoms with Crippen molar-refractivity contribution in [1.82, 2.24) is 15.0 Å². The average Bonchev–Trinajstić information content (AvgIpc) is 2.65. The Hall–Kier alpha value is -0.900. The van der Waals surface area contributed by atoms with Crippen molar-refractivity contribution in [1.29, 1.82) is 0 Å². The van der Waals surface area contributed by atoms with Gasteiger partial charge in [0.1, 0.15) is 0 Å². The molecule has 1 fully saturated rings. The lowest BCUT2D eigenvalue weighted by molar-refractivity contribution is 0.253. The van der Waals surface area contributed by atoms with Gasteiger partial charge in [-0.05, 0) is 24.7 Å². The molecule has 0 radical (unpaired) electrons. The Morgan fingerprint density at radius 3 is 2.69 bits per heavy atom. The van der Waals surface area contributed by atoms with Gasteiger partial charge >= 0.3 is 0 Å². The molecule has 1 aliphatic rings. The molecule has 4 heteroatoms. The van der Waals surface area contributed by atoms with Gasteiger partial charge in [-0.3, -0.25) is 4.68 Å². The summed E-state index contributed by atoms with van der Waals surface area (Å²) in [5.74, 6) is 1.57. The normalized spacial score (nSPS) is 27.9. The van der Waals surface area contributed by atoms with Gasteiger partial charge in [0.15, 0.2) is 0 Å². The highest BCUT2D eigenvalue weighted by atomic mass is 15.4. The van der Waals surface area contributed by atoms with Crippen molar-refractivity contribution in [2.75, 3.05) is 0 Å². The van der Waals surface area contributed by atoms with Crippen LogP contribution in [0, 0.1) is 11.8 Å². The van der Waals surface area contributed by atoms with Crippen molar-refractivity contribution in [3.63, 3.8) is 0 Å². The minimum Gasteiger partial charge on any atom is -0.327 e. The van der Waals surface area contributed by atoms with E-state index >= 15 is 0 Å². The van der Waals surface area contributed by atoms with Crippen molar-refractivity contribution >= 4 is 0 Å². The van der Waals surface area contributed by atoms with E-state index in [1.165, 1.54) is 25.7 Å². The molecule has 16 heavy (non-hydrogen) atoms. The van der Waals surface area contributed by atoms with Crippen LogP contribution in [0.3, 0.4) is 0 Å². The molecule has 1 heterocycles. The van der Waals surface area contributed by atoms with Gasteiger partial charge in [-0.1, -0.05) is 25.0 Å². The van der Waals surface area contributed by atoms with Crippen LogP contribution < -0.4 is 5.73 Å². The predicted octanol–water partition coefficient (Wildman–Crippen LogP) is 1.51. The van der Waals surface area contributed by atoms with Crippen molar-refractivity contribution < 1.29 is 0 Å². The molecule has 90 valence electrons. The van der Waals surface area contributed by atoms with Crippen molar-refractivity contribution in [3.8, 4) is 0 Å². The number of nitrogens with two attached hydrogens (primary N) is 1. The van der Waals surface area contributed by atoms with E-state index < -0.39 is 0 Å². The molecule has 1 unspecified atom stereocenters. The van der Waals surface area contributed by atoms with Crippen LogP contribution in [-0.2, 0) is 13.5 Å². The van der Waals surface area contributed by atoms with E-state index in [4.69, 9.17) is 5.73 Å². The molecule has 0 spiro atoms. The maximum absolute atomic E-state index is 6.26. The minimum atomic E-state index is 0.254. The van der Waals surface area contributed by atoms with Crippen LogP contribution in [0.4, 0.5) is 0 Å². The van der Waals surface area contributed by atoms with E-state index in [1.807, 2.05) is 13.2 Å². The number of nitrogens with zero attached hydrogens (tertiary/aromatic N) is 3. The summed E-state index contributed by atoms with van der Waals surface area (Å²) in [4.78, 5) is 0. The highest BCUT2D eigenvalue weighted by Gasteiger charge is 2.24. The molecular formula is C12H22N4. The summed E-state index contributed by atoms with van der Waals surface area (Å²) < 4.78 is 1.74. The molecule has 2 N–H and O–H groups in total. The SMILES string of the molecule is CC1CCC(C(N)Cc2cn(C)nn2)CC1. The Bertz CT molecular complexity index is 326. The molecule has 0 aromatic carbocycles. The van der Waals surface area contributed by atoms with Crippen LogP contribution in [0.1, 0.15) is 38.3 Å². The zero-order chi connectivity index (χ0) is 11.5. The fraction of sp³-hybridized carbons (Fsp3) is 0.833. The zero-order valence-corrected chi connectivity index (χ0v) is 10.3. The molecule has 1 atom stereocenters. The minimum absolute atomic E-state index is 0.254. The number of hydrogen-bond acceptors (Lipinski definition) is 3. The third kappa shape index (κ3) is 2.82. The first-order valence-electron chi connectivity index (χ1n) is 6.26. The second kappa shape index (κ2) is 4.95. The maximum Gasteiger partial charge on any atom is 0.0842 e. The maximum atomic E-state index is 6.26. The first-order chi connectivity index (χ1) is 7.65. The van der Waals surface area contributed by atoms with E-state index in [9.17, 15) is 0 Å². The van der Waals surface area contributed by atoms with E-state index in [-0.39, 0.29) is 6.04 Å². The Balaban J connectivity index is 1.85. The van der Waals surface area contributed by atoms with Crippen molar-refractivity contribution in [2.24, 2.45) is 24.6 Å². The summed E-state index contributed by atoms with van der Waals surface area (Å²) in [6.07, 6.45) is 8.06. The molecule has 1 aromatic rings. The topological polar surface area (TPSA) is 56.7 Å². The molecule has 0 aliphatic heterocycles. The van der Waals surface area contributed by atoms with Gasteiger partial charge in [0.05, 0.1) is 5.69 Å². The number of hydrogen-bond donors (Lipinski definition) is 1. The van der Waals surface area contributed by atoms with Crippen LogP contribution in [-0.4, -0.2) is 21.0 Å². The van der Waals surface area contributed by atoms with Gasteiger partial charge in [0, 0.05) is 25.7 Å². The molecule has 0 amide bonds. The molecule has 1 saturated carbocycles. The van der Waals surface area contributed by atoms with E-state index in [0.29, 0.717) is 5.92 Å². The first-order valence-corrected chi connectivity index (χ1v) is 6.26. The van der Waals surface area contributed by atoms with Gasteiger partial charge < -0.3 is 5.73 Å².